The molecule has 0 saturated carbocycles. The van der Waals surface area contributed by atoms with Crippen LogP contribution in [0.5, 0.6) is 0 Å². The number of allylic oxidation sites excluding steroid dienone is 4. The molecule has 0 radical (unpaired) electrons. The van der Waals surface area contributed by atoms with Gasteiger partial charge in [-0.1, -0.05) is 117 Å². The second-order valence-electron chi connectivity index (χ2n) is 13.3. The number of hydrogen-bond acceptors (Lipinski definition) is 1. The van der Waals surface area contributed by atoms with Crippen LogP contribution in [0.4, 0.5) is 17.1 Å². The van der Waals surface area contributed by atoms with Crippen LogP contribution in [-0.4, -0.2) is 4.57 Å². The summed E-state index contributed by atoms with van der Waals surface area (Å²) in [5.41, 5.74) is 15.4. The van der Waals surface area contributed by atoms with Gasteiger partial charge in [0.05, 0.1) is 16.7 Å². The van der Waals surface area contributed by atoms with Crippen LogP contribution in [0.25, 0.3) is 44.2 Å². The number of rotatable bonds is 5. The summed E-state index contributed by atoms with van der Waals surface area (Å²) in [6.45, 7) is 4.75. The standard InChI is InChI=1S/C45H36N2/c1-45(2)39-18-9-6-17-38(39)44-40(45)19-12-22-43(44)46(33-13-4-3-5-14-33)34-27-23-31(24-28-34)32-25-29-35(30-26-32)47-41-20-10-7-15-36(41)37-16-8-11-21-42(37)47/h3-5,7-16,18-30H,6,17H2,1-2H3. The van der Waals surface area contributed by atoms with E-state index in [-0.39, 0.29) is 5.41 Å². The number of anilines is 3. The summed E-state index contributed by atoms with van der Waals surface area (Å²) in [4.78, 5) is 2.44. The minimum Gasteiger partial charge on any atom is -0.310 e. The van der Waals surface area contributed by atoms with E-state index in [2.05, 4.69) is 181 Å². The largest absolute Gasteiger partial charge is 0.310 e. The third-order valence-corrected chi connectivity index (χ3v) is 10.3. The van der Waals surface area contributed by atoms with Crippen molar-refractivity contribution in [2.45, 2.75) is 32.1 Å². The molecular weight excluding hydrogens is 569 g/mol. The highest BCUT2D eigenvalue weighted by atomic mass is 15.1. The minimum atomic E-state index is -0.00476. The normalized spacial score (nSPS) is 14.9. The SMILES string of the molecule is CC1(C)C2=C(CCC=C2)c2c(N(c3ccccc3)c3ccc(-c4ccc(-n5c6ccccc6c6ccccc65)cc4)cc3)cccc21. The molecule has 1 aromatic heterocycles. The summed E-state index contributed by atoms with van der Waals surface area (Å²) in [5, 5.41) is 2.57. The fourth-order valence-corrected chi connectivity index (χ4v) is 8.03. The van der Waals surface area contributed by atoms with Crippen LogP contribution in [0, 0.1) is 0 Å². The van der Waals surface area contributed by atoms with Gasteiger partial charge in [0, 0.05) is 38.8 Å². The predicted octanol–water partition coefficient (Wildman–Crippen LogP) is 12.3. The average molecular weight is 605 g/mol. The molecule has 0 N–H and O–H groups in total. The maximum Gasteiger partial charge on any atom is 0.0541 e. The highest BCUT2D eigenvalue weighted by Crippen LogP contribution is 2.54. The fraction of sp³-hybridized carbons (Fsp3) is 0.111. The van der Waals surface area contributed by atoms with E-state index < -0.39 is 0 Å². The van der Waals surface area contributed by atoms with Crippen LogP contribution in [0.1, 0.15) is 37.8 Å². The monoisotopic (exact) mass is 604 g/mol. The Bertz CT molecular complexity index is 2300. The van der Waals surface area contributed by atoms with E-state index in [1.54, 1.807) is 0 Å². The smallest absolute Gasteiger partial charge is 0.0541 e. The van der Waals surface area contributed by atoms with Gasteiger partial charge in [-0.25, -0.2) is 0 Å². The molecule has 0 atom stereocenters. The zero-order chi connectivity index (χ0) is 31.5. The van der Waals surface area contributed by atoms with Gasteiger partial charge in [-0.2, -0.15) is 0 Å². The van der Waals surface area contributed by atoms with Crippen molar-refractivity contribution in [3.05, 3.63) is 174 Å². The summed E-state index contributed by atoms with van der Waals surface area (Å²) in [5.74, 6) is 0. The second kappa shape index (κ2) is 10.7. The predicted molar refractivity (Wildman–Crippen MR) is 199 cm³/mol. The van der Waals surface area contributed by atoms with E-state index in [1.807, 2.05) is 0 Å². The number of nitrogens with zero attached hydrogens (tertiary/aromatic N) is 2. The van der Waals surface area contributed by atoms with Crippen LogP contribution >= 0.6 is 0 Å². The molecule has 9 rings (SSSR count). The molecular formula is C45H36N2. The lowest BCUT2D eigenvalue weighted by molar-refractivity contribution is 0.651. The van der Waals surface area contributed by atoms with Crippen LogP contribution < -0.4 is 4.90 Å². The van der Waals surface area contributed by atoms with Crippen molar-refractivity contribution in [3.8, 4) is 16.8 Å². The van der Waals surface area contributed by atoms with E-state index in [0.717, 1.165) is 18.5 Å². The molecule has 7 aromatic rings. The van der Waals surface area contributed by atoms with Gasteiger partial charge in [0.15, 0.2) is 0 Å². The zero-order valence-electron chi connectivity index (χ0n) is 26.8. The Balaban J connectivity index is 1.11. The van der Waals surface area contributed by atoms with E-state index in [0.29, 0.717) is 0 Å². The topological polar surface area (TPSA) is 8.17 Å². The van der Waals surface area contributed by atoms with Crippen molar-refractivity contribution in [3.63, 3.8) is 0 Å². The first kappa shape index (κ1) is 27.7. The Morgan fingerprint density at radius 1 is 0.574 bits per heavy atom. The Morgan fingerprint density at radius 3 is 1.85 bits per heavy atom. The third-order valence-electron chi connectivity index (χ3n) is 10.3. The molecule has 2 aliphatic carbocycles. The van der Waals surface area contributed by atoms with Crippen LogP contribution in [0.15, 0.2) is 163 Å². The summed E-state index contributed by atoms with van der Waals surface area (Å²) < 4.78 is 2.37. The average Bonchev–Trinajstić information content (AvgIpc) is 3.59. The van der Waals surface area contributed by atoms with Gasteiger partial charge in [-0.3, -0.25) is 0 Å². The molecule has 1 heterocycles. The van der Waals surface area contributed by atoms with Crippen molar-refractivity contribution < 1.29 is 0 Å². The summed E-state index contributed by atoms with van der Waals surface area (Å²) in [7, 11) is 0. The Kier molecular flexibility index (Phi) is 6.33. The van der Waals surface area contributed by atoms with Gasteiger partial charge in [0.2, 0.25) is 0 Å². The molecule has 0 bridgehead atoms. The lowest BCUT2D eigenvalue weighted by atomic mass is 9.80. The van der Waals surface area contributed by atoms with Gasteiger partial charge in [-0.15, -0.1) is 0 Å². The molecule has 226 valence electrons. The molecule has 2 nitrogen and oxygen atoms in total. The number of aromatic nitrogens is 1. The Hall–Kier alpha value is -5.60. The molecule has 6 aromatic carbocycles. The molecule has 0 amide bonds. The molecule has 47 heavy (non-hydrogen) atoms. The maximum absolute atomic E-state index is 2.44. The Morgan fingerprint density at radius 2 is 1.17 bits per heavy atom. The first-order chi connectivity index (χ1) is 23.1. The fourth-order valence-electron chi connectivity index (χ4n) is 8.03. The molecule has 2 heteroatoms. The van der Waals surface area contributed by atoms with Gasteiger partial charge < -0.3 is 9.47 Å². The van der Waals surface area contributed by atoms with Crippen LogP contribution in [0.2, 0.25) is 0 Å². The van der Waals surface area contributed by atoms with Crippen molar-refractivity contribution >= 4 is 44.4 Å². The zero-order valence-corrected chi connectivity index (χ0v) is 26.8. The molecule has 0 fully saturated rings. The first-order valence-electron chi connectivity index (χ1n) is 16.7. The van der Waals surface area contributed by atoms with E-state index >= 15 is 0 Å². The molecule has 2 aliphatic rings. The Labute approximate surface area is 276 Å². The van der Waals surface area contributed by atoms with E-state index in [1.165, 1.54) is 72.3 Å². The lowest BCUT2D eigenvalue weighted by Gasteiger charge is -2.29. The number of hydrogen-bond donors (Lipinski definition) is 0. The van der Waals surface area contributed by atoms with Crippen molar-refractivity contribution in [2.75, 3.05) is 4.90 Å². The second-order valence-corrected chi connectivity index (χ2v) is 13.3. The van der Waals surface area contributed by atoms with Gasteiger partial charge in [-0.05, 0) is 95.3 Å². The third kappa shape index (κ3) is 4.32. The van der Waals surface area contributed by atoms with Gasteiger partial charge >= 0.3 is 0 Å². The molecule has 0 unspecified atom stereocenters. The minimum absolute atomic E-state index is 0.00476. The quantitative estimate of drug-likeness (QED) is 0.190. The van der Waals surface area contributed by atoms with Crippen LogP contribution in [0.3, 0.4) is 0 Å². The van der Waals surface area contributed by atoms with Crippen molar-refractivity contribution in [2.24, 2.45) is 0 Å². The van der Waals surface area contributed by atoms with Crippen molar-refractivity contribution in [1.82, 2.24) is 4.57 Å². The number of fused-ring (bicyclic) bond motifs is 5. The number of benzene rings is 6. The highest BCUT2D eigenvalue weighted by molar-refractivity contribution is 6.09. The van der Waals surface area contributed by atoms with E-state index in [9.17, 15) is 0 Å². The maximum atomic E-state index is 2.44. The summed E-state index contributed by atoms with van der Waals surface area (Å²) in [6.07, 6.45) is 6.90. The van der Waals surface area contributed by atoms with Crippen LogP contribution in [-0.2, 0) is 5.41 Å². The summed E-state index contributed by atoms with van der Waals surface area (Å²) >= 11 is 0. The van der Waals surface area contributed by atoms with Gasteiger partial charge in [0.1, 0.15) is 0 Å². The molecule has 0 spiro atoms. The van der Waals surface area contributed by atoms with Crippen molar-refractivity contribution in [1.29, 1.82) is 0 Å². The molecule has 0 aliphatic heterocycles. The number of para-hydroxylation sites is 3. The lowest BCUT2D eigenvalue weighted by Crippen LogP contribution is -2.17. The van der Waals surface area contributed by atoms with Gasteiger partial charge in [0.25, 0.3) is 0 Å². The molecule has 0 saturated heterocycles. The van der Waals surface area contributed by atoms with E-state index in [4.69, 9.17) is 0 Å². The highest BCUT2D eigenvalue weighted by Gasteiger charge is 2.39. The first-order valence-corrected chi connectivity index (χ1v) is 16.7. The summed E-state index contributed by atoms with van der Waals surface area (Å²) in [6, 6.07) is 53.1.